The summed E-state index contributed by atoms with van der Waals surface area (Å²) in [6.07, 6.45) is -2.88. The van der Waals surface area contributed by atoms with Crippen LogP contribution in [0.15, 0.2) is 35.1 Å². The Morgan fingerprint density at radius 2 is 2.04 bits per heavy atom. The number of likely N-dealkylation sites (N-methyl/N-ethyl adjacent to an activating group) is 1. The van der Waals surface area contributed by atoms with Gasteiger partial charge in [-0.1, -0.05) is 11.2 Å². The lowest BCUT2D eigenvalue weighted by Crippen LogP contribution is -2.43. The summed E-state index contributed by atoms with van der Waals surface area (Å²) in [5.41, 5.74) is 1.88. The molecule has 1 amide bonds. The van der Waals surface area contributed by atoms with Crippen LogP contribution in [0.1, 0.15) is 54.2 Å². The summed E-state index contributed by atoms with van der Waals surface area (Å²) in [6, 6.07) is 5.08. The van der Waals surface area contributed by atoms with Crippen molar-refractivity contribution >= 4 is 49.1 Å². The zero-order valence-electron chi connectivity index (χ0n) is 28.7. The van der Waals surface area contributed by atoms with Gasteiger partial charge >= 0.3 is 12.2 Å². The van der Waals surface area contributed by atoms with E-state index in [1.165, 1.54) is 17.2 Å². The molecule has 3 aromatic heterocycles. The first kappa shape index (κ1) is 35.9. The monoisotopic (exact) mass is 770 g/mol. The molecule has 3 saturated heterocycles. The summed E-state index contributed by atoms with van der Waals surface area (Å²) < 4.78 is 103. The van der Waals surface area contributed by atoms with Gasteiger partial charge < -0.3 is 24.8 Å². The Morgan fingerprint density at radius 1 is 1.22 bits per heavy atom. The van der Waals surface area contributed by atoms with E-state index < -0.39 is 63.7 Å². The van der Waals surface area contributed by atoms with Crippen molar-refractivity contribution in [2.24, 2.45) is 0 Å². The molecule has 0 aliphatic carbocycles. The van der Waals surface area contributed by atoms with E-state index in [0.717, 1.165) is 24.6 Å². The van der Waals surface area contributed by atoms with Gasteiger partial charge in [0, 0.05) is 61.0 Å². The van der Waals surface area contributed by atoms with Crippen molar-refractivity contribution in [2.75, 3.05) is 50.0 Å². The minimum Gasteiger partial charge on any atom is -0.461 e. The topological polar surface area (TPSA) is 138 Å². The van der Waals surface area contributed by atoms with Crippen molar-refractivity contribution < 1.29 is 40.4 Å². The number of aromatic nitrogens is 3. The Balaban J connectivity index is 1.31. The largest absolute Gasteiger partial charge is 0.461 e. The molecule has 18 heteroatoms. The molecule has 8 rings (SSSR count). The molecule has 3 unspecified atom stereocenters. The van der Waals surface area contributed by atoms with Gasteiger partial charge in [0.25, 0.3) is 5.91 Å². The molecule has 5 aromatic rings. The molecule has 3 atom stereocenters. The molecule has 11 nitrogen and oxygen atoms in total. The van der Waals surface area contributed by atoms with Gasteiger partial charge in [0.05, 0.1) is 21.4 Å². The Labute approximate surface area is 307 Å². The van der Waals surface area contributed by atoms with Crippen LogP contribution in [0.2, 0.25) is 0 Å². The van der Waals surface area contributed by atoms with Gasteiger partial charge in [-0.3, -0.25) is 9.69 Å². The predicted octanol–water partition coefficient (Wildman–Crippen LogP) is 6.95. The summed E-state index contributed by atoms with van der Waals surface area (Å²) in [5.74, 6) is -2.69. The molecule has 2 N–H and O–H groups in total. The first-order valence-electron chi connectivity index (χ1n) is 17.3. The highest BCUT2D eigenvalue weighted by molar-refractivity contribution is 7.23. The smallest absolute Gasteiger partial charge is 0.417 e. The average Bonchev–Trinajstić information content (AvgIpc) is 3.97. The third-order valence-electron chi connectivity index (χ3n) is 10.8. The maximum absolute atomic E-state index is 17.3. The van der Waals surface area contributed by atoms with Crippen LogP contribution in [-0.4, -0.2) is 87.9 Å². The van der Waals surface area contributed by atoms with Crippen LogP contribution < -0.4 is 15.4 Å². The quantitative estimate of drug-likeness (QED) is 0.165. The second kappa shape index (κ2) is 13.3. The maximum Gasteiger partial charge on any atom is 0.417 e. The molecule has 0 bridgehead atoms. The van der Waals surface area contributed by atoms with Crippen LogP contribution in [-0.2, 0) is 6.18 Å². The number of hydrogen-bond donors (Lipinski definition) is 1. The van der Waals surface area contributed by atoms with Crippen molar-refractivity contribution in [1.29, 1.82) is 5.26 Å². The Hall–Kier alpha value is -5.15. The lowest BCUT2D eigenvalue weighted by molar-refractivity contribution is -0.137. The first-order valence-corrected chi connectivity index (χ1v) is 18.2. The second-order valence-corrected chi connectivity index (χ2v) is 14.9. The van der Waals surface area contributed by atoms with Crippen LogP contribution in [0.25, 0.3) is 32.1 Å². The number of likely N-dealkylation sites (tertiary alicyclic amines) is 1. The molecule has 3 fully saturated rings. The maximum atomic E-state index is 17.3. The Bertz CT molecular complexity index is 2330. The third kappa shape index (κ3) is 5.84. The number of fused-ring (bicyclic) bond motifs is 3. The normalized spacial score (nSPS) is 21.6. The second-order valence-electron chi connectivity index (χ2n) is 13.8. The number of carbonyl (C=O) groups is 1. The van der Waals surface area contributed by atoms with Gasteiger partial charge in [0.1, 0.15) is 47.3 Å². The lowest BCUT2D eigenvalue weighted by Gasteiger charge is -2.32. The highest BCUT2D eigenvalue weighted by Crippen LogP contribution is 2.48. The number of nitriles is 1. The number of benzene rings is 2. The Kier molecular flexibility index (Phi) is 8.83. The fourth-order valence-electron chi connectivity index (χ4n) is 8.36. The van der Waals surface area contributed by atoms with Crippen LogP contribution in [0.5, 0.6) is 6.01 Å². The summed E-state index contributed by atoms with van der Waals surface area (Å²) in [7, 11) is 0. The molecule has 6 heterocycles. The number of ether oxygens (including phenoxy) is 1. The number of nitrogens with two attached hydrogens (primary N) is 1. The van der Waals surface area contributed by atoms with E-state index in [0.29, 0.717) is 37.3 Å². The SMILES string of the molecule is CCN(c1nc(OCC23CCCN2CC(F)C3)nc2c(F)c(-c3ccc(F)c4sc(N)c(C#N)c34)c(C(F)(F)F)cc12)C1CCN(C(=O)c2ccon2)C1. The van der Waals surface area contributed by atoms with Gasteiger partial charge in [0.2, 0.25) is 0 Å². The fourth-order valence-corrected chi connectivity index (χ4v) is 9.31. The van der Waals surface area contributed by atoms with Crippen molar-refractivity contribution in [3.8, 4) is 23.2 Å². The summed E-state index contributed by atoms with van der Waals surface area (Å²) in [4.78, 5) is 27.3. The van der Waals surface area contributed by atoms with E-state index in [4.69, 9.17) is 15.0 Å². The lowest BCUT2D eigenvalue weighted by atomic mass is 9.92. The van der Waals surface area contributed by atoms with E-state index in [-0.39, 0.29) is 76.2 Å². The minimum atomic E-state index is -5.15. The molecule has 0 radical (unpaired) electrons. The van der Waals surface area contributed by atoms with Crippen LogP contribution in [0.4, 0.5) is 37.2 Å². The zero-order valence-corrected chi connectivity index (χ0v) is 29.5. The number of hydrogen-bond acceptors (Lipinski definition) is 11. The molecule has 282 valence electrons. The highest BCUT2D eigenvalue weighted by atomic mass is 32.1. The molecular formula is C36H32F6N8O3S. The van der Waals surface area contributed by atoms with Gasteiger partial charge in [-0.2, -0.15) is 28.4 Å². The number of alkyl halides is 4. The molecular weight excluding hydrogens is 739 g/mol. The standard InChI is InChI=1S/C36H32F6N8O3S/c1-2-50(19-6-10-48(16-19)33(51)25-7-11-53-47-25)32-21-12-23(36(40,41)42)27(20-4-5-24(38)30-26(20)22(14-43)31(44)54-30)28(39)29(21)45-34(46-32)52-17-35-8-3-9-49(35)15-18(37)13-35/h4-5,7,11-12,18-19H,2-3,6,8-10,13,15-17,44H2,1H3. The number of carbonyl (C=O) groups excluding carboxylic acids is 1. The number of thiophene rings is 1. The molecule has 54 heavy (non-hydrogen) atoms. The summed E-state index contributed by atoms with van der Waals surface area (Å²) in [6.45, 7) is 3.25. The van der Waals surface area contributed by atoms with Gasteiger partial charge in [0.15, 0.2) is 11.5 Å². The predicted molar refractivity (Wildman–Crippen MR) is 187 cm³/mol. The van der Waals surface area contributed by atoms with Gasteiger partial charge in [-0.15, -0.1) is 11.3 Å². The minimum absolute atomic E-state index is 0.0404. The third-order valence-corrected chi connectivity index (χ3v) is 11.8. The number of nitrogen functional groups attached to an aromatic ring is 1. The van der Waals surface area contributed by atoms with E-state index in [9.17, 15) is 18.8 Å². The van der Waals surface area contributed by atoms with E-state index in [1.54, 1.807) is 11.8 Å². The van der Waals surface area contributed by atoms with Gasteiger partial charge in [-0.05, 0) is 50.4 Å². The fraction of sp³-hybridized carbons (Fsp3) is 0.417. The van der Waals surface area contributed by atoms with Crippen LogP contribution in [0, 0.1) is 23.0 Å². The van der Waals surface area contributed by atoms with E-state index >= 15 is 17.6 Å². The number of anilines is 2. The van der Waals surface area contributed by atoms with Crippen LogP contribution >= 0.6 is 11.3 Å². The molecule has 0 spiro atoms. The molecule has 2 aromatic carbocycles. The zero-order chi connectivity index (χ0) is 38.1. The summed E-state index contributed by atoms with van der Waals surface area (Å²) in [5, 5.41) is 12.9. The van der Waals surface area contributed by atoms with Crippen molar-refractivity contribution in [2.45, 2.75) is 56.5 Å². The number of rotatable bonds is 8. The highest BCUT2D eigenvalue weighted by Gasteiger charge is 2.49. The first-order chi connectivity index (χ1) is 25.8. The number of amides is 1. The number of nitrogens with zero attached hydrogens (tertiary/aromatic N) is 7. The number of halogens is 6. The van der Waals surface area contributed by atoms with Crippen molar-refractivity contribution in [3.05, 3.63) is 59.0 Å². The van der Waals surface area contributed by atoms with Gasteiger partial charge in [-0.25, -0.2) is 13.2 Å². The van der Waals surface area contributed by atoms with Crippen molar-refractivity contribution in [3.63, 3.8) is 0 Å². The van der Waals surface area contributed by atoms with E-state index in [1.807, 2.05) is 11.0 Å². The summed E-state index contributed by atoms with van der Waals surface area (Å²) >= 11 is 0.671. The molecule has 0 saturated carbocycles. The average molecular weight is 771 g/mol. The van der Waals surface area contributed by atoms with Crippen LogP contribution in [0.3, 0.4) is 0 Å². The molecule has 3 aliphatic heterocycles. The Morgan fingerprint density at radius 3 is 2.76 bits per heavy atom. The van der Waals surface area contributed by atoms with E-state index in [2.05, 4.69) is 15.1 Å². The van der Waals surface area contributed by atoms with Crippen molar-refractivity contribution in [1.82, 2.24) is 24.9 Å². The molecule has 3 aliphatic rings.